The van der Waals surface area contributed by atoms with E-state index in [1.54, 1.807) is 0 Å². The molecule has 92 valence electrons. The average molecular weight is 258 g/mol. The van der Waals surface area contributed by atoms with Crippen molar-refractivity contribution in [2.45, 2.75) is 13.8 Å². The van der Waals surface area contributed by atoms with Gasteiger partial charge < -0.3 is 5.32 Å². The van der Waals surface area contributed by atoms with Gasteiger partial charge in [-0.1, -0.05) is 48.0 Å². The van der Waals surface area contributed by atoms with Crippen LogP contribution in [-0.2, 0) is 0 Å². The highest BCUT2D eigenvalue weighted by Gasteiger charge is 2.05. The molecular formula is C16H16ClN. The van der Waals surface area contributed by atoms with Gasteiger partial charge >= 0.3 is 0 Å². The zero-order valence-electron chi connectivity index (χ0n) is 10.6. The summed E-state index contributed by atoms with van der Waals surface area (Å²) in [6.45, 7) is 3.95. The largest absolute Gasteiger partial charge is 0.355 e. The van der Waals surface area contributed by atoms with Crippen LogP contribution in [0.3, 0.4) is 0 Å². The van der Waals surface area contributed by atoms with Gasteiger partial charge in [0.2, 0.25) is 0 Å². The van der Waals surface area contributed by atoms with Crippen molar-refractivity contribution in [2.75, 3.05) is 5.32 Å². The van der Waals surface area contributed by atoms with E-state index in [0.717, 1.165) is 27.5 Å². The Balaban J connectivity index is 2.38. The number of halogens is 1. The van der Waals surface area contributed by atoms with Gasteiger partial charge in [-0.15, -0.1) is 0 Å². The van der Waals surface area contributed by atoms with Crippen LogP contribution in [0.4, 0.5) is 11.4 Å². The molecule has 2 aromatic rings. The summed E-state index contributed by atoms with van der Waals surface area (Å²) in [6.07, 6.45) is 0. The third-order valence-electron chi connectivity index (χ3n) is 2.90. The molecule has 2 heteroatoms. The zero-order chi connectivity index (χ0) is 13.0. The first kappa shape index (κ1) is 12.7. The molecule has 0 aromatic heterocycles. The molecule has 2 rings (SSSR count). The summed E-state index contributed by atoms with van der Waals surface area (Å²) in [4.78, 5) is 0. The van der Waals surface area contributed by atoms with Crippen molar-refractivity contribution in [3.63, 3.8) is 0 Å². The zero-order valence-corrected chi connectivity index (χ0v) is 11.3. The molecule has 0 aliphatic rings. The molecule has 2 aromatic carbocycles. The first-order valence-corrected chi connectivity index (χ1v) is 6.30. The molecule has 0 spiro atoms. The Morgan fingerprint density at radius 2 is 1.50 bits per heavy atom. The van der Waals surface area contributed by atoms with E-state index in [1.807, 2.05) is 56.3 Å². The summed E-state index contributed by atoms with van der Waals surface area (Å²) in [7, 11) is 0. The molecule has 0 saturated carbocycles. The van der Waals surface area contributed by atoms with E-state index >= 15 is 0 Å². The third kappa shape index (κ3) is 2.93. The lowest BCUT2D eigenvalue weighted by molar-refractivity contribution is 1.47. The summed E-state index contributed by atoms with van der Waals surface area (Å²) in [6, 6.07) is 18.3. The Labute approximate surface area is 113 Å². The van der Waals surface area contributed by atoms with Crippen LogP contribution in [0.1, 0.15) is 19.4 Å². The molecule has 0 amide bonds. The van der Waals surface area contributed by atoms with Crippen LogP contribution < -0.4 is 5.32 Å². The molecule has 0 aliphatic carbocycles. The number of hydrogen-bond acceptors (Lipinski definition) is 1. The maximum atomic E-state index is 6.09. The minimum Gasteiger partial charge on any atom is -0.355 e. The van der Waals surface area contributed by atoms with Gasteiger partial charge in [0.25, 0.3) is 0 Å². The van der Waals surface area contributed by atoms with Crippen LogP contribution >= 0.6 is 11.6 Å². The fraction of sp³-hybridized carbons (Fsp3) is 0.125. The standard InChI is InChI=1S/C16H16ClN/c1-12(13(2)17)15-10-6-7-11-16(15)18-14-8-4-3-5-9-14/h3-11,18H,1-2H3/b13-12-. The molecule has 0 fully saturated rings. The summed E-state index contributed by atoms with van der Waals surface area (Å²) < 4.78 is 0. The van der Waals surface area contributed by atoms with E-state index in [9.17, 15) is 0 Å². The Morgan fingerprint density at radius 3 is 2.17 bits per heavy atom. The minimum absolute atomic E-state index is 0.817. The van der Waals surface area contributed by atoms with Gasteiger partial charge in [0, 0.05) is 22.0 Å². The SMILES string of the molecule is C/C(Cl)=C(\C)c1ccccc1Nc1ccccc1. The first-order valence-electron chi connectivity index (χ1n) is 5.93. The molecule has 0 radical (unpaired) electrons. The number of rotatable bonds is 3. The van der Waals surface area contributed by atoms with E-state index < -0.39 is 0 Å². The second kappa shape index (κ2) is 5.74. The normalized spacial score (nSPS) is 11.9. The van der Waals surface area contributed by atoms with Crippen LogP contribution in [-0.4, -0.2) is 0 Å². The second-order valence-corrected chi connectivity index (χ2v) is 4.76. The minimum atomic E-state index is 0.817. The summed E-state index contributed by atoms with van der Waals surface area (Å²) in [5.74, 6) is 0. The predicted molar refractivity (Wildman–Crippen MR) is 80.3 cm³/mol. The number of nitrogens with one attached hydrogen (secondary N) is 1. The fourth-order valence-corrected chi connectivity index (χ4v) is 1.88. The molecule has 0 heterocycles. The molecule has 0 aliphatic heterocycles. The number of hydrogen-bond donors (Lipinski definition) is 1. The summed E-state index contributed by atoms with van der Waals surface area (Å²) in [5.41, 5.74) is 4.37. The van der Waals surface area contributed by atoms with Gasteiger partial charge in [-0.05, 0) is 37.6 Å². The highest BCUT2D eigenvalue weighted by Crippen LogP contribution is 2.29. The van der Waals surface area contributed by atoms with Crippen LogP contribution in [0, 0.1) is 0 Å². The van der Waals surface area contributed by atoms with Crippen LogP contribution in [0.15, 0.2) is 59.6 Å². The molecule has 1 nitrogen and oxygen atoms in total. The number of benzene rings is 2. The van der Waals surface area contributed by atoms with Gasteiger partial charge in [-0.25, -0.2) is 0 Å². The summed E-state index contributed by atoms with van der Waals surface area (Å²) >= 11 is 6.09. The lowest BCUT2D eigenvalue weighted by Crippen LogP contribution is -1.94. The van der Waals surface area contributed by atoms with Crippen LogP contribution in [0.2, 0.25) is 0 Å². The number of anilines is 2. The molecule has 1 N–H and O–H groups in total. The third-order valence-corrected chi connectivity index (χ3v) is 3.18. The Morgan fingerprint density at radius 1 is 0.889 bits per heavy atom. The maximum absolute atomic E-state index is 6.09. The van der Waals surface area contributed by atoms with Crippen LogP contribution in [0.25, 0.3) is 5.57 Å². The van der Waals surface area contributed by atoms with Crippen molar-refractivity contribution in [3.8, 4) is 0 Å². The van der Waals surface area contributed by atoms with Crippen molar-refractivity contribution in [1.82, 2.24) is 0 Å². The monoisotopic (exact) mass is 257 g/mol. The van der Waals surface area contributed by atoms with Gasteiger partial charge in [0.05, 0.1) is 0 Å². The van der Waals surface area contributed by atoms with E-state index in [0.29, 0.717) is 0 Å². The quantitative estimate of drug-likeness (QED) is 0.774. The average Bonchev–Trinajstić information content (AvgIpc) is 2.39. The highest BCUT2D eigenvalue weighted by molar-refractivity contribution is 6.32. The number of allylic oxidation sites excluding steroid dienone is 2. The Kier molecular flexibility index (Phi) is 4.06. The van der Waals surface area contributed by atoms with E-state index in [4.69, 9.17) is 11.6 Å². The van der Waals surface area contributed by atoms with Gasteiger partial charge in [0.15, 0.2) is 0 Å². The van der Waals surface area contributed by atoms with E-state index in [-0.39, 0.29) is 0 Å². The molecule has 0 atom stereocenters. The van der Waals surface area contributed by atoms with E-state index in [1.165, 1.54) is 0 Å². The van der Waals surface area contributed by atoms with Crippen molar-refractivity contribution >= 4 is 28.5 Å². The smallest absolute Gasteiger partial charge is 0.0460 e. The van der Waals surface area contributed by atoms with E-state index in [2.05, 4.69) is 17.4 Å². The Hall–Kier alpha value is -1.73. The van der Waals surface area contributed by atoms with Crippen molar-refractivity contribution in [2.24, 2.45) is 0 Å². The van der Waals surface area contributed by atoms with Crippen molar-refractivity contribution in [3.05, 3.63) is 65.2 Å². The lowest BCUT2D eigenvalue weighted by atomic mass is 10.0. The first-order chi connectivity index (χ1) is 8.68. The highest BCUT2D eigenvalue weighted by atomic mass is 35.5. The fourth-order valence-electron chi connectivity index (χ4n) is 1.78. The second-order valence-electron chi connectivity index (χ2n) is 4.20. The predicted octanol–water partition coefficient (Wildman–Crippen LogP) is 5.42. The van der Waals surface area contributed by atoms with Crippen LogP contribution in [0.5, 0.6) is 0 Å². The molecular weight excluding hydrogens is 242 g/mol. The maximum Gasteiger partial charge on any atom is 0.0460 e. The molecule has 0 saturated heterocycles. The van der Waals surface area contributed by atoms with Crippen molar-refractivity contribution < 1.29 is 0 Å². The molecule has 0 bridgehead atoms. The number of para-hydroxylation sites is 2. The van der Waals surface area contributed by atoms with Gasteiger partial charge in [-0.2, -0.15) is 0 Å². The summed E-state index contributed by atoms with van der Waals surface area (Å²) in [5, 5.41) is 4.23. The van der Waals surface area contributed by atoms with Crippen molar-refractivity contribution in [1.29, 1.82) is 0 Å². The van der Waals surface area contributed by atoms with Gasteiger partial charge in [0.1, 0.15) is 0 Å². The molecule has 18 heavy (non-hydrogen) atoms. The Bertz CT molecular complexity index is 554. The lowest BCUT2D eigenvalue weighted by Gasteiger charge is -2.13. The molecule has 0 unspecified atom stereocenters. The topological polar surface area (TPSA) is 12.0 Å². The van der Waals surface area contributed by atoms with Gasteiger partial charge in [-0.3, -0.25) is 0 Å².